The van der Waals surface area contributed by atoms with Gasteiger partial charge in [0.1, 0.15) is 28.9 Å². The molecule has 0 unspecified atom stereocenters. The summed E-state index contributed by atoms with van der Waals surface area (Å²) in [4.78, 5) is 64.0. The quantitative estimate of drug-likeness (QED) is 0.0440. The number of hydrogen-bond acceptors (Lipinski definition) is 12. The molecule has 9 rings (SSSR count). The summed E-state index contributed by atoms with van der Waals surface area (Å²) in [5, 5.41) is 1.52. The number of amides is 1. The largest absolute Gasteiger partial charge is 0.496 e. The van der Waals surface area contributed by atoms with E-state index in [-0.39, 0.29) is 60.9 Å². The van der Waals surface area contributed by atoms with Gasteiger partial charge >= 0.3 is 0 Å². The van der Waals surface area contributed by atoms with Crippen LogP contribution in [-0.2, 0) is 27.3 Å². The number of methoxy groups -OCH3 is 2. The standard InChI is InChI=1S/C58H59Cl3FN7O6/c1-73-51-13-5-11-47(62)55(51)57-46-27-40(60)19-21-44(46)56-38(31-65-57)30-64-53(67-56)26-36-14-20-45(52(25-36)74-2)50(71)12-7-23-75-22-6-10-43(70)29-54(72)68-33-42(24-35-8-3-4-9-35)69(58-48(63)28-41(61)32-66-58)49(34-68)37-15-17-39(59)18-16-37/h5,11,13-21,25,27-28,30,32,35,42,49H,3-4,6-10,12,22-24,26,29,31,33-34,63H2,1-2H3/t42-,49-/m1/s1. The summed E-state index contributed by atoms with van der Waals surface area (Å²) in [7, 11) is 3.02. The third-order valence-corrected chi connectivity index (χ3v) is 15.0. The highest BCUT2D eigenvalue weighted by molar-refractivity contribution is 6.32. The van der Waals surface area contributed by atoms with Crippen LogP contribution < -0.4 is 20.1 Å². The number of aromatic nitrogens is 3. The van der Waals surface area contributed by atoms with E-state index in [4.69, 9.17) is 69.7 Å². The minimum atomic E-state index is -0.468. The SMILES string of the molecule is COc1cc(Cc2ncc3c(n2)-c2ccc(Cl)cc2C(c2c(F)cccc2OC)=NC3)ccc1C(=O)CCCOCCCC(=O)CC(=O)N1C[C@@H](CC2CCCC2)N(c2ncc(Cl)cc2N)[C@@H](c2ccc(Cl)cc2)C1. The van der Waals surface area contributed by atoms with Gasteiger partial charge in [0.15, 0.2) is 11.6 Å². The normalized spacial score (nSPS) is 16.5. The van der Waals surface area contributed by atoms with E-state index in [0.29, 0.717) is 118 Å². The molecule has 6 aromatic rings. The summed E-state index contributed by atoms with van der Waals surface area (Å²) in [5.41, 5.74) is 12.7. The Morgan fingerprint density at radius 1 is 0.800 bits per heavy atom. The number of fused-ring (bicyclic) bond motifs is 3. The molecule has 1 saturated heterocycles. The first-order valence-electron chi connectivity index (χ1n) is 25.4. The van der Waals surface area contributed by atoms with Crippen molar-refractivity contribution >= 4 is 69.5 Å². The summed E-state index contributed by atoms with van der Waals surface area (Å²) >= 11 is 19.1. The number of ketones is 2. The summed E-state index contributed by atoms with van der Waals surface area (Å²) in [6.45, 7) is 1.66. The Bertz CT molecular complexity index is 3100. The van der Waals surface area contributed by atoms with E-state index < -0.39 is 5.82 Å². The number of Topliss-reactive ketones (excluding diaryl/α,β-unsaturated/α-hetero) is 2. The smallest absolute Gasteiger partial charge is 0.230 e. The van der Waals surface area contributed by atoms with Crippen LogP contribution in [0.4, 0.5) is 15.9 Å². The van der Waals surface area contributed by atoms with Crippen LogP contribution in [0, 0.1) is 11.7 Å². The summed E-state index contributed by atoms with van der Waals surface area (Å²) in [5.74, 6) is 1.56. The minimum Gasteiger partial charge on any atom is -0.496 e. The van der Waals surface area contributed by atoms with Crippen molar-refractivity contribution in [3.63, 3.8) is 0 Å². The number of halogens is 4. The lowest BCUT2D eigenvalue weighted by Gasteiger charge is -2.49. The molecule has 0 radical (unpaired) electrons. The number of ether oxygens (including phenoxy) is 3. The fourth-order valence-electron chi connectivity index (χ4n) is 10.7. The van der Waals surface area contributed by atoms with Gasteiger partial charge in [-0.25, -0.2) is 19.3 Å². The van der Waals surface area contributed by atoms with Gasteiger partial charge in [-0.2, -0.15) is 0 Å². The molecule has 17 heteroatoms. The number of hydrogen-bond donors (Lipinski definition) is 1. The van der Waals surface area contributed by atoms with Crippen molar-refractivity contribution in [1.82, 2.24) is 19.9 Å². The lowest BCUT2D eigenvalue weighted by atomic mass is 9.91. The Kier molecular flexibility index (Phi) is 17.4. The Morgan fingerprint density at radius 2 is 1.56 bits per heavy atom. The highest BCUT2D eigenvalue weighted by Crippen LogP contribution is 2.41. The minimum absolute atomic E-state index is 0.0843. The van der Waals surface area contributed by atoms with Gasteiger partial charge < -0.3 is 29.7 Å². The average molecular weight is 1080 g/mol. The number of nitrogens with two attached hydrogens (primary N) is 1. The number of benzene rings is 4. The first-order chi connectivity index (χ1) is 36.4. The Balaban J connectivity index is 0.762. The van der Waals surface area contributed by atoms with Gasteiger partial charge in [-0.1, -0.05) is 90.8 Å². The molecule has 390 valence electrons. The monoisotopic (exact) mass is 1070 g/mol. The maximum absolute atomic E-state index is 15.4. The number of carbonyl (C=O) groups excluding carboxylic acids is 3. The molecule has 0 spiro atoms. The van der Waals surface area contributed by atoms with Crippen molar-refractivity contribution in [2.24, 2.45) is 10.9 Å². The number of piperazine rings is 1. The van der Waals surface area contributed by atoms with Crippen LogP contribution >= 0.6 is 34.8 Å². The van der Waals surface area contributed by atoms with Crippen LogP contribution in [0.5, 0.6) is 11.5 Å². The van der Waals surface area contributed by atoms with Crippen molar-refractivity contribution < 1.29 is 33.0 Å². The van der Waals surface area contributed by atoms with Gasteiger partial charge in [0.25, 0.3) is 0 Å². The summed E-state index contributed by atoms with van der Waals surface area (Å²) in [6.07, 6.45) is 10.4. The fraction of sp³-hybridized carbons (Fsp3) is 0.362. The molecule has 2 aliphatic heterocycles. The predicted octanol–water partition coefficient (Wildman–Crippen LogP) is 11.9. The fourth-order valence-corrected chi connectivity index (χ4v) is 11.1. The van der Waals surface area contributed by atoms with E-state index in [1.807, 2.05) is 47.4 Å². The molecule has 1 aliphatic carbocycles. The average Bonchev–Trinajstić information content (AvgIpc) is 3.87. The number of aliphatic imine (C=N–C) groups is 1. The molecule has 1 amide bonds. The number of carbonyl (C=O) groups is 3. The van der Waals surface area contributed by atoms with Crippen LogP contribution in [-0.4, -0.2) is 89.6 Å². The van der Waals surface area contributed by atoms with Crippen molar-refractivity contribution in [2.45, 2.75) is 89.3 Å². The number of nitrogen functional groups attached to an aromatic ring is 1. The molecule has 2 aromatic heterocycles. The van der Waals surface area contributed by atoms with E-state index in [2.05, 4.69) is 9.88 Å². The van der Waals surface area contributed by atoms with Gasteiger partial charge in [-0.05, 0) is 90.9 Å². The van der Waals surface area contributed by atoms with Crippen LogP contribution in [0.25, 0.3) is 11.3 Å². The van der Waals surface area contributed by atoms with Gasteiger partial charge in [-0.15, -0.1) is 0 Å². The topological polar surface area (TPSA) is 162 Å². The van der Waals surface area contributed by atoms with Crippen molar-refractivity contribution in [3.05, 3.63) is 157 Å². The molecular weight excluding hydrogens is 1020 g/mol. The predicted molar refractivity (Wildman–Crippen MR) is 291 cm³/mol. The highest BCUT2D eigenvalue weighted by atomic mass is 35.5. The second-order valence-electron chi connectivity index (χ2n) is 19.4. The second kappa shape index (κ2) is 24.5. The van der Waals surface area contributed by atoms with Gasteiger partial charge in [0.05, 0.1) is 66.5 Å². The third-order valence-electron chi connectivity index (χ3n) is 14.3. The first-order valence-corrected chi connectivity index (χ1v) is 26.5. The van der Waals surface area contributed by atoms with Gasteiger partial charge in [0, 0.05) is 90.7 Å². The second-order valence-corrected chi connectivity index (χ2v) is 20.7. The molecule has 0 bridgehead atoms. The Morgan fingerprint density at radius 3 is 2.32 bits per heavy atom. The molecule has 2 fully saturated rings. The van der Waals surface area contributed by atoms with E-state index >= 15 is 4.39 Å². The zero-order valence-electron chi connectivity index (χ0n) is 42.0. The Labute approximate surface area is 451 Å². The maximum Gasteiger partial charge on any atom is 0.230 e. The lowest BCUT2D eigenvalue weighted by Crippen LogP contribution is -2.57. The third kappa shape index (κ3) is 12.6. The number of nitrogens with zero attached hydrogens (tertiary/aromatic N) is 6. The molecular formula is C58H59Cl3FN7O6. The van der Waals surface area contributed by atoms with E-state index in [0.717, 1.165) is 41.5 Å². The van der Waals surface area contributed by atoms with Gasteiger partial charge in [-0.3, -0.25) is 19.4 Å². The molecule has 75 heavy (non-hydrogen) atoms. The van der Waals surface area contributed by atoms with Crippen LogP contribution in [0.1, 0.15) is 114 Å². The van der Waals surface area contributed by atoms with E-state index in [9.17, 15) is 14.4 Å². The lowest BCUT2D eigenvalue weighted by molar-refractivity contribution is -0.136. The highest BCUT2D eigenvalue weighted by Gasteiger charge is 2.40. The Hall–Kier alpha value is -6.45. The molecule has 4 heterocycles. The summed E-state index contributed by atoms with van der Waals surface area (Å²) < 4.78 is 32.5. The zero-order chi connectivity index (χ0) is 52.6. The number of rotatable bonds is 20. The van der Waals surface area contributed by atoms with Crippen LogP contribution in [0.2, 0.25) is 15.1 Å². The number of pyridine rings is 1. The van der Waals surface area contributed by atoms with Crippen molar-refractivity contribution in [1.29, 1.82) is 0 Å². The van der Waals surface area contributed by atoms with Crippen molar-refractivity contribution in [2.75, 3.05) is 51.2 Å². The molecule has 4 aromatic carbocycles. The van der Waals surface area contributed by atoms with Crippen molar-refractivity contribution in [3.8, 4) is 22.8 Å². The molecule has 2 N–H and O–H groups in total. The molecule has 3 aliphatic rings. The first kappa shape index (κ1) is 53.4. The van der Waals surface area contributed by atoms with Gasteiger partial charge in [0.2, 0.25) is 5.91 Å². The summed E-state index contributed by atoms with van der Waals surface area (Å²) in [6, 6.07) is 24.5. The van der Waals surface area contributed by atoms with E-state index in [1.165, 1.54) is 33.1 Å². The van der Waals surface area contributed by atoms with Crippen LogP contribution in [0.15, 0.2) is 102 Å². The molecule has 13 nitrogen and oxygen atoms in total. The maximum atomic E-state index is 15.4. The number of anilines is 2. The zero-order valence-corrected chi connectivity index (χ0v) is 44.3. The molecule has 1 saturated carbocycles. The van der Waals surface area contributed by atoms with Crippen LogP contribution in [0.3, 0.4) is 0 Å². The molecule has 2 atom stereocenters. The van der Waals surface area contributed by atoms with E-state index in [1.54, 1.807) is 48.8 Å².